The first-order valence-electron chi connectivity index (χ1n) is 6.74. The maximum Gasteiger partial charge on any atom is 0.00796 e. The first-order chi connectivity index (χ1) is 8.00. The Balaban J connectivity index is 3.29. The molecule has 0 aromatic carbocycles. The van der Waals surface area contributed by atoms with Crippen LogP contribution in [0.2, 0.25) is 0 Å². The lowest BCUT2D eigenvalue weighted by Crippen LogP contribution is -2.13. The molecule has 0 amide bonds. The van der Waals surface area contributed by atoms with Gasteiger partial charge in [0, 0.05) is 5.41 Å². The molecule has 0 atom stereocenters. The summed E-state index contributed by atoms with van der Waals surface area (Å²) < 4.78 is 0. The molecule has 1 aliphatic rings. The summed E-state index contributed by atoms with van der Waals surface area (Å²) in [5, 5.41) is 0. The first kappa shape index (κ1) is 14.0. The standard InChI is InChI=1S/C17H26/c1-7-10-12-15-13(4)17(5,6)16(11-8-2)14(15)9-3/h9-10,12H,3,7-8,11H2,1-2,4-6H3/b12-10-. The van der Waals surface area contributed by atoms with E-state index in [1.54, 1.807) is 5.57 Å². The molecule has 0 aliphatic heterocycles. The van der Waals surface area contributed by atoms with E-state index in [0.717, 1.165) is 6.42 Å². The maximum atomic E-state index is 4.01. The van der Waals surface area contributed by atoms with E-state index in [0.29, 0.717) is 0 Å². The minimum atomic E-state index is 0.201. The van der Waals surface area contributed by atoms with Crippen molar-refractivity contribution in [2.24, 2.45) is 5.41 Å². The van der Waals surface area contributed by atoms with Gasteiger partial charge in [-0.1, -0.05) is 70.1 Å². The van der Waals surface area contributed by atoms with Gasteiger partial charge in [0.25, 0.3) is 0 Å². The smallest absolute Gasteiger partial charge is 0.00796 e. The van der Waals surface area contributed by atoms with Gasteiger partial charge in [0.05, 0.1) is 0 Å². The fourth-order valence-electron chi connectivity index (χ4n) is 2.65. The van der Waals surface area contributed by atoms with Gasteiger partial charge in [-0.15, -0.1) is 0 Å². The Bertz CT molecular complexity index is 386. The molecule has 1 rings (SSSR count). The summed E-state index contributed by atoms with van der Waals surface area (Å²) in [4.78, 5) is 0. The number of hydrogen-bond donors (Lipinski definition) is 0. The second-order valence-corrected chi connectivity index (χ2v) is 5.32. The fourth-order valence-corrected chi connectivity index (χ4v) is 2.65. The molecule has 0 fully saturated rings. The molecule has 17 heavy (non-hydrogen) atoms. The highest BCUT2D eigenvalue weighted by atomic mass is 14.4. The molecular formula is C17H26. The molecule has 0 unspecified atom stereocenters. The van der Waals surface area contributed by atoms with E-state index in [1.165, 1.54) is 29.6 Å². The summed E-state index contributed by atoms with van der Waals surface area (Å²) in [5.41, 5.74) is 6.02. The van der Waals surface area contributed by atoms with E-state index in [9.17, 15) is 0 Å². The van der Waals surface area contributed by atoms with Gasteiger partial charge < -0.3 is 0 Å². The Hall–Kier alpha value is -1.04. The van der Waals surface area contributed by atoms with Crippen LogP contribution in [0.4, 0.5) is 0 Å². The van der Waals surface area contributed by atoms with Crippen molar-refractivity contribution in [1.29, 1.82) is 0 Å². The van der Waals surface area contributed by atoms with Gasteiger partial charge in [-0.3, -0.25) is 0 Å². The highest BCUT2D eigenvalue weighted by Crippen LogP contribution is 2.49. The zero-order valence-electron chi connectivity index (χ0n) is 12.1. The average molecular weight is 230 g/mol. The second kappa shape index (κ2) is 5.53. The second-order valence-electron chi connectivity index (χ2n) is 5.32. The molecule has 0 saturated heterocycles. The molecule has 0 aromatic heterocycles. The van der Waals surface area contributed by atoms with Crippen molar-refractivity contribution in [2.45, 2.75) is 53.9 Å². The lowest BCUT2D eigenvalue weighted by molar-refractivity contribution is 0.521. The van der Waals surface area contributed by atoms with Crippen LogP contribution in [-0.4, -0.2) is 0 Å². The molecule has 0 N–H and O–H groups in total. The van der Waals surface area contributed by atoms with Crippen LogP contribution in [0.5, 0.6) is 0 Å². The first-order valence-corrected chi connectivity index (χ1v) is 6.74. The summed E-state index contributed by atoms with van der Waals surface area (Å²) in [6, 6.07) is 0. The fraction of sp³-hybridized carbons (Fsp3) is 0.529. The van der Waals surface area contributed by atoms with Crippen molar-refractivity contribution in [3.05, 3.63) is 47.1 Å². The van der Waals surface area contributed by atoms with Crippen molar-refractivity contribution < 1.29 is 0 Å². The molecule has 0 spiro atoms. The highest BCUT2D eigenvalue weighted by Gasteiger charge is 2.34. The van der Waals surface area contributed by atoms with Crippen LogP contribution in [0.15, 0.2) is 47.1 Å². The molecule has 94 valence electrons. The number of allylic oxidation sites excluding steroid dienone is 7. The van der Waals surface area contributed by atoms with Crippen molar-refractivity contribution in [2.75, 3.05) is 0 Å². The molecule has 0 saturated carbocycles. The number of hydrogen-bond acceptors (Lipinski definition) is 0. The summed E-state index contributed by atoms with van der Waals surface area (Å²) >= 11 is 0. The van der Waals surface area contributed by atoms with E-state index in [-0.39, 0.29) is 5.41 Å². The van der Waals surface area contributed by atoms with Crippen molar-refractivity contribution in [3.8, 4) is 0 Å². The average Bonchev–Trinajstić information content (AvgIpc) is 2.48. The molecule has 0 heteroatoms. The molecule has 0 nitrogen and oxygen atoms in total. The molecule has 0 heterocycles. The van der Waals surface area contributed by atoms with E-state index in [1.807, 2.05) is 6.08 Å². The monoisotopic (exact) mass is 230 g/mol. The highest BCUT2D eigenvalue weighted by molar-refractivity contribution is 5.60. The third-order valence-corrected chi connectivity index (χ3v) is 3.94. The van der Waals surface area contributed by atoms with E-state index in [4.69, 9.17) is 0 Å². The van der Waals surface area contributed by atoms with Crippen molar-refractivity contribution >= 4 is 0 Å². The Kier molecular flexibility index (Phi) is 4.56. The van der Waals surface area contributed by atoms with E-state index in [2.05, 4.69) is 53.3 Å². The summed E-state index contributed by atoms with van der Waals surface area (Å²) in [5.74, 6) is 0. The Morgan fingerprint density at radius 1 is 1.18 bits per heavy atom. The van der Waals surface area contributed by atoms with Gasteiger partial charge in [0.15, 0.2) is 0 Å². The van der Waals surface area contributed by atoms with Crippen LogP contribution in [0, 0.1) is 5.41 Å². The maximum absolute atomic E-state index is 4.01. The third kappa shape index (κ3) is 2.46. The van der Waals surface area contributed by atoms with Gasteiger partial charge in [0.2, 0.25) is 0 Å². The zero-order valence-corrected chi connectivity index (χ0v) is 12.1. The van der Waals surface area contributed by atoms with Crippen LogP contribution in [0.1, 0.15) is 53.9 Å². The minimum absolute atomic E-state index is 0.201. The van der Waals surface area contributed by atoms with Gasteiger partial charge >= 0.3 is 0 Å². The summed E-state index contributed by atoms with van der Waals surface area (Å²) in [6.45, 7) is 15.4. The predicted octanol–water partition coefficient (Wildman–Crippen LogP) is 5.59. The summed E-state index contributed by atoms with van der Waals surface area (Å²) in [6.07, 6.45) is 10.0. The van der Waals surface area contributed by atoms with Gasteiger partial charge in [-0.2, -0.15) is 0 Å². The van der Waals surface area contributed by atoms with Crippen LogP contribution >= 0.6 is 0 Å². The largest absolute Gasteiger partial charge is 0.0984 e. The molecule has 0 aromatic rings. The normalized spacial score (nSPS) is 19.6. The SMILES string of the molecule is C=CC1=C(CCC)C(C)(C)C(C)=C1/C=C\CC. The predicted molar refractivity (Wildman–Crippen MR) is 78.0 cm³/mol. The van der Waals surface area contributed by atoms with Gasteiger partial charge in [0.1, 0.15) is 0 Å². The van der Waals surface area contributed by atoms with Crippen molar-refractivity contribution in [3.63, 3.8) is 0 Å². The van der Waals surface area contributed by atoms with Crippen LogP contribution in [0.3, 0.4) is 0 Å². The van der Waals surface area contributed by atoms with E-state index >= 15 is 0 Å². The van der Waals surface area contributed by atoms with Crippen LogP contribution < -0.4 is 0 Å². The van der Waals surface area contributed by atoms with Gasteiger partial charge in [-0.05, 0) is 30.9 Å². The quantitative estimate of drug-likeness (QED) is 0.577. The minimum Gasteiger partial charge on any atom is -0.0984 e. The molecule has 0 bridgehead atoms. The summed E-state index contributed by atoms with van der Waals surface area (Å²) in [7, 11) is 0. The van der Waals surface area contributed by atoms with Crippen LogP contribution in [0.25, 0.3) is 0 Å². The molecule has 0 radical (unpaired) electrons. The number of rotatable bonds is 5. The third-order valence-electron chi connectivity index (χ3n) is 3.94. The Morgan fingerprint density at radius 3 is 2.29 bits per heavy atom. The molecular weight excluding hydrogens is 204 g/mol. The topological polar surface area (TPSA) is 0 Å². The Morgan fingerprint density at radius 2 is 1.82 bits per heavy atom. The van der Waals surface area contributed by atoms with Gasteiger partial charge in [-0.25, -0.2) is 0 Å². The van der Waals surface area contributed by atoms with Crippen molar-refractivity contribution in [1.82, 2.24) is 0 Å². The lowest BCUT2D eigenvalue weighted by atomic mass is 9.79. The lowest BCUT2D eigenvalue weighted by Gasteiger charge is -2.25. The molecule has 1 aliphatic carbocycles. The van der Waals surface area contributed by atoms with E-state index < -0.39 is 0 Å². The Labute approximate surface area is 107 Å². The zero-order chi connectivity index (χ0) is 13.1. The van der Waals surface area contributed by atoms with Crippen LogP contribution in [-0.2, 0) is 0 Å².